The molecule has 6 nitrogen and oxygen atoms in total. The number of nitrogens with one attached hydrogen (secondary N) is 1. The van der Waals surface area contributed by atoms with Crippen LogP contribution in [0.3, 0.4) is 0 Å². The number of benzene rings is 2. The fourth-order valence-corrected chi connectivity index (χ4v) is 2.83. The van der Waals surface area contributed by atoms with E-state index in [2.05, 4.69) is 27.6 Å². The number of amides is 1. The van der Waals surface area contributed by atoms with Crippen LogP contribution in [0.5, 0.6) is 5.75 Å². The van der Waals surface area contributed by atoms with Crippen molar-refractivity contribution < 1.29 is 14.3 Å². The second kappa shape index (κ2) is 9.19. The van der Waals surface area contributed by atoms with E-state index in [-0.39, 0.29) is 12.5 Å². The SMILES string of the molecule is CC(=NNC(=O)COc1cccc(C)c1)c1ccc(N2CCOCC2)cc1. The fourth-order valence-electron chi connectivity index (χ4n) is 2.83. The van der Waals surface area contributed by atoms with Crippen LogP contribution in [0.1, 0.15) is 18.1 Å². The Bertz CT molecular complexity index is 797. The van der Waals surface area contributed by atoms with Crippen LogP contribution in [0.25, 0.3) is 0 Å². The predicted octanol–water partition coefficient (Wildman–Crippen LogP) is 2.75. The van der Waals surface area contributed by atoms with Gasteiger partial charge in [-0.3, -0.25) is 4.79 Å². The molecule has 0 saturated carbocycles. The Balaban J connectivity index is 1.51. The molecule has 142 valence electrons. The molecule has 0 atom stereocenters. The lowest BCUT2D eigenvalue weighted by atomic mass is 10.1. The number of aryl methyl sites for hydroxylation is 1. The maximum atomic E-state index is 11.9. The first kappa shape index (κ1) is 18.9. The van der Waals surface area contributed by atoms with Gasteiger partial charge in [-0.2, -0.15) is 5.10 Å². The summed E-state index contributed by atoms with van der Waals surface area (Å²) in [5, 5.41) is 4.17. The summed E-state index contributed by atoms with van der Waals surface area (Å²) < 4.78 is 10.9. The van der Waals surface area contributed by atoms with Gasteiger partial charge in [0.2, 0.25) is 0 Å². The van der Waals surface area contributed by atoms with Crippen LogP contribution in [0.15, 0.2) is 53.6 Å². The molecule has 1 saturated heterocycles. The Morgan fingerprint density at radius 2 is 1.93 bits per heavy atom. The Morgan fingerprint density at radius 3 is 2.63 bits per heavy atom. The molecular formula is C21H25N3O3. The van der Waals surface area contributed by atoms with Crippen LogP contribution in [-0.2, 0) is 9.53 Å². The zero-order valence-electron chi connectivity index (χ0n) is 15.8. The third-order valence-corrected chi connectivity index (χ3v) is 4.37. The highest BCUT2D eigenvalue weighted by molar-refractivity contribution is 5.99. The van der Waals surface area contributed by atoms with Crippen molar-refractivity contribution in [2.75, 3.05) is 37.8 Å². The minimum atomic E-state index is -0.291. The molecule has 2 aromatic carbocycles. The van der Waals surface area contributed by atoms with E-state index in [1.807, 2.05) is 50.2 Å². The Morgan fingerprint density at radius 1 is 1.19 bits per heavy atom. The molecule has 1 amide bonds. The number of carbonyl (C=O) groups is 1. The van der Waals surface area contributed by atoms with Crippen molar-refractivity contribution in [3.8, 4) is 5.75 Å². The summed E-state index contributed by atoms with van der Waals surface area (Å²) in [4.78, 5) is 14.2. The number of ether oxygens (including phenoxy) is 2. The number of morpholine rings is 1. The Labute approximate surface area is 159 Å². The minimum Gasteiger partial charge on any atom is -0.484 e. The smallest absolute Gasteiger partial charge is 0.277 e. The fraction of sp³-hybridized carbons (Fsp3) is 0.333. The van der Waals surface area contributed by atoms with Crippen molar-refractivity contribution in [1.82, 2.24) is 5.43 Å². The number of nitrogens with zero attached hydrogens (tertiary/aromatic N) is 2. The molecule has 0 spiro atoms. The van der Waals surface area contributed by atoms with Crippen molar-refractivity contribution in [1.29, 1.82) is 0 Å². The molecule has 0 aromatic heterocycles. The molecule has 0 aliphatic carbocycles. The highest BCUT2D eigenvalue weighted by Crippen LogP contribution is 2.17. The lowest BCUT2D eigenvalue weighted by Gasteiger charge is -2.28. The van der Waals surface area contributed by atoms with Crippen LogP contribution < -0.4 is 15.1 Å². The molecule has 1 aliphatic rings. The van der Waals surface area contributed by atoms with Gasteiger partial charge >= 0.3 is 0 Å². The maximum Gasteiger partial charge on any atom is 0.277 e. The van der Waals surface area contributed by atoms with Crippen molar-refractivity contribution in [2.45, 2.75) is 13.8 Å². The normalized spacial score (nSPS) is 14.7. The number of rotatable bonds is 6. The number of hydrogen-bond acceptors (Lipinski definition) is 5. The van der Waals surface area contributed by atoms with E-state index in [0.717, 1.165) is 43.1 Å². The molecular weight excluding hydrogens is 342 g/mol. The van der Waals surface area contributed by atoms with Gasteiger partial charge in [-0.1, -0.05) is 24.3 Å². The second-order valence-corrected chi connectivity index (χ2v) is 6.48. The quantitative estimate of drug-likeness (QED) is 0.630. The summed E-state index contributed by atoms with van der Waals surface area (Å²) in [7, 11) is 0. The second-order valence-electron chi connectivity index (χ2n) is 6.48. The van der Waals surface area contributed by atoms with Crippen LogP contribution in [0, 0.1) is 6.92 Å². The number of hydrogen-bond donors (Lipinski definition) is 1. The van der Waals surface area contributed by atoms with Gasteiger partial charge in [0.25, 0.3) is 5.91 Å². The molecule has 1 fully saturated rings. The number of hydrazone groups is 1. The molecule has 27 heavy (non-hydrogen) atoms. The number of carbonyl (C=O) groups excluding carboxylic acids is 1. The first-order chi connectivity index (χ1) is 13.1. The number of anilines is 1. The van der Waals surface area contributed by atoms with Gasteiger partial charge in [-0.15, -0.1) is 0 Å². The standard InChI is InChI=1S/C21H25N3O3/c1-16-4-3-5-20(14-16)27-15-21(25)23-22-17(2)18-6-8-19(9-7-18)24-10-12-26-13-11-24/h3-9,14H,10-13,15H2,1-2H3,(H,23,25). The average molecular weight is 367 g/mol. The Hall–Kier alpha value is -2.86. The van der Waals surface area contributed by atoms with Crippen LogP contribution >= 0.6 is 0 Å². The van der Waals surface area contributed by atoms with E-state index in [4.69, 9.17) is 9.47 Å². The van der Waals surface area contributed by atoms with E-state index in [1.54, 1.807) is 0 Å². The molecule has 1 heterocycles. The van der Waals surface area contributed by atoms with E-state index in [9.17, 15) is 4.79 Å². The lowest BCUT2D eigenvalue weighted by molar-refractivity contribution is -0.123. The lowest BCUT2D eigenvalue weighted by Crippen LogP contribution is -2.36. The molecule has 0 bridgehead atoms. The zero-order chi connectivity index (χ0) is 19.1. The van der Waals surface area contributed by atoms with Gasteiger partial charge in [-0.25, -0.2) is 5.43 Å². The summed E-state index contributed by atoms with van der Waals surface area (Å²) in [6, 6.07) is 15.8. The monoisotopic (exact) mass is 367 g/mol. The predicted molar refractivity (Wildman–Crippen MR) is 107 cm³/mol. The van der Waals surface area contributed by atoms with Crippen LogP contribution in [0.2, 0.25) is 0 Å². The van der Waals surface area contributed by atoms with Gasteiger partial charge in [0, 0.05) is 18.8 Å². The molecule has 1 aliphatic heterocycles. The van der Waals surface area contributed by atoms with Crippen molar-refractivity contribution in [3.63, 3.8) is 0 Å². The first-order valence-corrected chi connectivity index (χ1v) is 9.07. The summed E-state index contributed by atoms with van der Waals surface area (Å²) >= 11 is 0. The highest BCUT2D eigenvalue weighted by atomic mass is 16.5. The third-order valence-electron chi connectivity index (χ3n) is 4.37. The average Bonchev–Trinajstić information content (AvgIpc) is 2.71. The van der Waals surface area contributed by atoms with E-state index >= 15 is 0 Å². The summed E-state index contributed by atoms with van der Waals surface area (Å²) in [5.41, 5.74) is 6.51. The third kappa shape index (κ3) is 5.56. The van der Waals surface area contributed by atoms with Crippen molar-refractivity contribution >= 4 is 17.3 Å². The van der Waals surface area contributed by atoms with Gasteiger partial charge in [0.05, 0.1) is 18.9 Å². The summed E-state index contributed by atoms with van der Waals surface area (Å²) in [6.45, 7) is 7.11. The van der Waals surface area contributed by atoms with Crippen molar-refractivity contribution in [3.05, 3.63) is 59.7 Å². The minimum absolute atomic E-state index is 0.0732. The first-order valence-electron chi connectivity index (χ1n) is 9.07. The van der Waals surface area contributed by atoms with Crippen molar-refractivity contribution in [2.24, 2.45) is 5.10 Å². The zero-order valence-corrected chi connectivity index (χ0v) is 15.8. The Kier molecular flexibility index (Phi) is 6.44. The molecule has 3 rings (SSSR count). The van der Waals surface area contributed by atoms with E-state index in [1.165, 1.54) is 5.69 Å². The van der Waals surface area contributed by atoms with Gasteiger partial charge in [-0.05, 0) is 49.2 Å². The highest BCUT2D eigenvalue weighted by Gasteiger charge is 2.11. The molecule has 0 unspecified atom stereocenters. The van der Waals surface area contributed by atoms with Crippen LogP contribution in [0.4, 0.5) is 5.69 Å². The molecule has 2 aromatic rings. The maximum absolute atomic E-state index is 11.9. The topological polar surface area (TPSA) is 63.2 Å². The summed E-state index contributed by atoms with van der Waals surface area (Å²) in [6.07, 6.45) is 0. The molecule has 0 radical (unpaired) electrons. The van der Waals surface area contributed by atoms with E-state index in [0.29, 0.717) is 5.75 Å². The van der Waals surface area contributed by atoms with Crippen LogP contribution in [-0.4, -0.2) is 44.5 Å². The van der Waals surface area contributed by atoms with E-state index < -0.39 is 0 Å². The summed E-state index contributed by atoms with van der Waals surface area (Å²) in [5.74, 6) is 0.380. The van der Waals surface area contributed by atoms with Gasteiger partial charge in [0.15, 0.2) is 6.61 Å². The van der Waals surface area contributed by atoms with Gasteiger partial charge in [0.1, 0.15) is 5.75 Å². The largest absolute Gasteiger partial charge is 0.484 e. The molecule has 6 heteroatoms. The van der Waals surface area contributed by atoms with Gasteiger partial charge < -0.3 is 14.4 Å². The molecule has 1 N–H and O–H groups in total.